The summed E-state index contributed by atoms with van der Waals surface area (Å²) >= 11 is 0. The molecule has 1 saturated heterocycles. The summed E-state index contributed by atoms with van der Waals surface area (Å²) in [5.41, 5.74) is -0.0947. The Morgan fingerprint density at radius 3 is 2.27 bits per heavy atom. The van der Waals surface area contributed by atoms with E-state index in [1.165, 1.54) is 12.1 Å². The summed E-state index contributed by atoms with van der Waals surface area (Å²) in [6.07, 6.45) is -6.01. The molecule has 1 aromatic carbocycles. The monoisotopic (exact) mass is 319 g/mol. The minimum Gasteiger partial charge on any atom is -0.395 e. The van der Waals surface area contributed by atoms with Crippen LogP contribution in [0.15, 0.2) is 24.3 Å². The molecule has 1 fully saturated rings. The van der Waals surface area contributed by atoms with Crippen LogP contribution in [0.1, 0.15) is 18.1 Å². The lowest BCUT2D eigenvalue weighted by atomic mass is 9.87. The van der Waals surface area contributed by atoms with Crippen LogP contribution in [0.3, 0.4) is 0 Å². The fourth-order valence-corrected chi connectivity index (χ4v) is 2.77. The Kier molecular flexibility index (Phi) is 5.11. The molecular weight excluding hydrogens is 299 g/mol. The predicted molar refractivity (Wildman–Crippen MR) is 73.9 cm³/mol. The van der Waals surface area contributed by atoms with E-state index in [4.69, 9.17) is 0 Å². The lowest BCUT2D eigenvalue weighted by Gasteiger charge is -2.44. The first-order valence-electron chi connectivity index (χ1n) is 7.11. The molecule has 4 atom stereocenters. The maximum absolute atomic E-state index is 12.5. The number of piperidine rings is 1. The van der Waals surface area contributed by atoms with Crippen molar-refractivity contribution in [2.75, 3.05) is 13.2 Å². The Morgan fingerprint density at radius 2 is 1.77 bits per heavy atom. The summed E-state index contributed by atoms with van der Waals surface area (Å²) in [5.74, 6) is -0.360. The molecule has 1 heterocycles. The van der Waals surface area contributed by atoms with E-state index < -0.39 is 30.0 Å². The SMILES string of the molecule is C[C@H]1[C@H](O)[C@@H](CO)N(Cc2ccc(C(F)(F)F)cc2)C[C@@H]1O. The lowest BCUT2D eigenvalue weighted by molar-refractivity contribution is -0.137. The van der Waals surface area contributed by atoms with Crippen molar-refractivity contribution in [1.29, 1.82) is 0 Å². The molecule has 1 aromatic rings. The van der Waals surface area contributed by atoms with Crippen LogP contribution in [0, 0.1) is 5.92 Å². The van der Waals surface area contributed by atoms with Crippen molar-refractivity contribution < 1.29 is 28.5 Å². The molecule has 4 nitrogen and oxygen atoms in total. The van der Waals surface area contributed by atoms with Gasteiger partial charge in [0.15, 0.2) is 0 Å². The van der Waals surface area contributed by atoms with E-state index in [-0.39, 0.29) is 25.6 Å². The van der Waals surface area contributed by atoms with Gasteiger partial charge in [-0.15, -0.1) is 0 Å². The number of rotatable bonds is 3. The van der Waals surface area contributed by atoms with Gasteiger partial charge in [0.2, 0.25) is 0 Å². The van der Waals surface area contributed by atoms with Crippen LogP contribution in [-0.4, -0.2) is 51.6 Å². The molecule has 0 aromatic heterocycles. The van der Waals surface area contributed by atoms with Crippen LogP contribution in [0.5, 0.6) is 0 Å². The van der Waals surface area contributed by atoms with Crippen molar-refractivity contribution in [3.05, 3.63) is 35.4 Å². The highest BCUT2D eigenvalue weighted by molar-refractivity contribution is 5.24. The van der Waals surface area contributed by atoms with E-state index in [1.54, 1.807) is 11.8 Å². The number of aliphatic hydroxyl groups is 3. The zero-order chi connectivity index (χ0) is 16.5. The molecule has 0 unspecified atom stereocenters. The molecular formula is C15H20F3NO3. The molecule has 124 valence electrons. The average Bonchev–Trinajstić information content (AvgIpc) is 2.45. The van der Waals surface area contributed by atoms with Crippen LogP contribution < -0.4 is 0 Å². The summed E-state index contributed by atoms with van der Waals surface area (Å²) in [4.78, 5) is 1.69. The van der Waals surface area contributed by atoms with Crippen molar-refractivity contribution >= 4 is 0 Å². The second-order valence-corrected chi connectivity index (χ2v) is 5.79. The predicted octanol–water partition coefficient (Wildman–Crippen LogP) is 1.24. The standard InChI is InChI=1S/C15H20F3NO3/c1-9-13(21)7-19(12(8-20)14(9)22)6-10-2-4-11(5-3-10)15(16,17)18/h2-5,9,12-14,20-22H,6-8H2,1H3/t9-,12-,13+,14+/m1/s1. The first kappa shape index (κ1) is 17.2. The van der Waals surface area contributed by atoms with E-state index in [0.29, 0.717) is 5.56 Å². The second kappa shape index (κ2) is 6.54. The molecule has 0 spiro atoms. The lowest BCUT2D eigenvalue weighted by Crippen LogP contribution is -2.58. The molecule has 1 aliphatic heterocycles. The molecule has 0 radical (unpaired) electrons. The van der Waals surface area contributed by atoms with Crippen LogP contribution in [0.25, 0.3) is 0 Å². The highest BCUT2D eigenvalue weighted by atomic mass is 19.4. The molecule has 7 heteroatoms. The van der Waals surface area contributed by atoms with Crippen LogP contribution in [0.2, 0.25) is 0 Å². The number of β-amino-alcohol motifs (C(OH)–C–C–N with tert-alkyl or cyclic N) is 1. The number of hydrogen-bond donors (Lipinski definition) is 3. The molecule has 22 heavy (non-hydrogen) atoms. The van der Waals surface area contributed by atoms with Crippen molar-refractivity contribution in [3.8, 4) is 0 Å². The molecule has 0 bridgehead atoms. The summed E-state index contributed by atoms with van der Waals surface area (Å²) < 4.78 is 37.6. The maximum Gasteiger partial charge on any atom is 0.416 e. The third kappa shape index (κ3) is 3.60. The highest BCUT2D eigenvalue weighted by Gasteiger charge is 2.39. The third-order valence-electron chi connectivity index (χ3n) is 4.28. The quantitative estimate of drug-likeness (QED) is 0.784. The molecule has 3 N–H and O–H groups in total. The van der Waals surface area contributed by atoms with Gasteiger partial charge >= 0.3 is 6.18 Å². The Morgan fingerprint density at radius 1 is 1.18 bits per heavy atom. The molecule has 2 rings (SSSR count). The average molecular weight is 319 g/mol. The first-order valence-corrected chi connectivity index (χ1v) is 7.11. The Bertz CT molecular complexity index is 492. The third-order valence-corrected chi connectivity index (χ3v) is 4.28. The number of benzene rings is 1. The first-order chi connectivity index (χ1) is 10.2. The van der Waals surface area contributed by atoms with Gasteiger partial charge in [0.25, 0.3) is 0 Å². The zero-order valence-corrected chi connectivity index (χ0v) is 12.2. The number of nitrogens with zero attached hydrogens (tertiary/aromatic N) is 1. The van der Waals surface area contributed by atoms with E-state index in [0.717, 1.165) is 12.1 Å². The van der Waals surface area contributed by atoms with Crippen molar-refractivity contribution in [3.63, 3.8) is 0 Å². The van der Waals surface area contributed by atoms with Crippen LogP contribution in [-0.2, 0) is 12.7 Å². The van der Waals surface area contributed by atoms with Crippen molar-refractivity contribution in [2.45, 2.75) is 37.9 Å². The number of likely N-dealkylation sites (tertiary alicyclic amines) is 1. The van der Waals surface area contributed by atoms with Gasteiger partial charge in [-0.25, -0.2) is 0 Å². The minimum atomic E-state index is -4.38. The van der Waals surface area contributed by atoms with Crippen LogP contribution >= 0.6 is 0 Å². The molecule has 1 aliphatic rings. The van der Waals surface area contributed by atoms with Gasteiger partial charge in [-0.3, -0.25) is 4.90 Å². The number of halogens is 3. The van der Waals surface area contributed by atoms with Gasteiger partial charge in [0.05, 0.1) is 30.4 Å². The van der Waals surface area contributed by atoms with E-state index in [2.05, 4.69) is 0 Å². The van der Waals surface area contributed by atoms with Gasteiger partial charge in [0, 0.05) is 19.0 Å². The smallest absolute Gasteiger partial charge is 0.395 e. The molecule has 0 amide bonds. The summed E-state index contributed by atoms with van der Waals surface area (Å²) in [6, 6.07) is 4.20. The Labute approximate surface area is 126 Å². The largest absolute Gasteiger partial charge is 0.416 e. The van der Waals surface area contributed by atoms with Crippen molar-refractivity contribution in [1.82, 2.24) is 4.90 Å². The number of hydrogen-bond acceptors (Lipinski definition) is 4. The van der Waals surface area contributed by atoms with Gasteiger partial charge in [-0.05, 0) is 17.7 Å². The van der Waals surface area contributed by atoms with Gasteiger partial charge in [-0.1, -0.05) is 19.1 Å². The van der Waals surface area contributed by atoms with Gasteiger partial charge in [-0.2, -0.15) is 13.2 Å². The highest BCUT2D eigenvalue weighted by Crippen LogP contribution is 2.30. The summed E-state index contributed by atoms with van der Waals surface area (Å²) in [5, 5.41) is 29.5. The van der Waals surface area contributed by atoms with Crippen molar-refractivity contribution in [2.24, 2.45) is 5.92 Å². The van der Waals surface area contributed by atoms with Gasteiger partial charge in [0.1, 0.15) is 0 Å². The van der Waals surface area contributed by atoms with E-state index in [9.17, 15) is 28.5 Å². The number of alkyl halides is 3. The Balaban J connectivity index is 2.11. The maximum atomic E-state index is 12.5. The summed E-state index contributed by atoms with van der Waals surface area (Å²) in [7, 11) is 0. The normalized spacial score (nSPS) is 30.5. The number of aliphatic hydroxyl groups excluding tert-OH is 3. The fourth-order valence-electron chi connectivity index (χ4n) is 2.77. The van der Waals surface area contributed by atoms with Gasteiger partial charge < -0.3 is 15.3 Å². The topological polar surface area (TPSA) is 63.9 Å². The van der Waals surface area contributed by atoms with Crippen LogP contribution in [0.4, 0.5) is 13.2 Å². The minimum absolute atomic E-state index is 0.254. The summed E-state index contributed by atoms with van der Waals surface area (Å²) in [6.45, 7) is 1.93. The fraction of sp³-hybridized carbons (Fsp3) is 0.600. The molecule has 0 saturated carbocycles. The Hall–Kier alpha value is -1.15. The molecule has 0 aliphatic carbocycles. The zero-order valence-electron chi connectivity index (χ0n) is 12.2. The second-order valence-electron chi connectivity index (χ2n) is 5.79. The van der Waals surface area contributed by atoms with E-state index >= 15 is 0 Å². The van der Waals surface area contributed by atoms with E-state index in [1.807, 2.05) is 0 Å².